The van der Waals surface area contributed by atoms with Gasteiger partial charge in [0.2, 0.25) is 6.43 Å². The molecule has 4 aliphatic rings. The SMILES string of the molecule is C=C1/C(=C\C=C2/CCC[C@]3(C)[C@@H]([C@H](C)CN4CC[C@H](CCC(F)F)C4)CC[C@@H]23)C[C@@H](O)C[C@@H]1O. The maximum atomic E-state index is 12.6. The number of aliphatic hydroxyl groups excluding tert-OH is 2. The second kappa shape index (κ2) is 10.9. The van der Waals surface area contributed by atoms with Crippen molar-refractivity contribution in [2.24, 2.45) is 29.1 Å². The zero-order valence-corrected chi connectivity index (χ0v) is 21.2. The van der Waals surface area contributed by atoms with E-state index in [0.717, 1.165) is 43.6 Å². The van der Waals surface area contributed by atoms with E-state index in [4.69, 9.17) is 0 Å². The zero-order valence-electron chi connectivity index (χ0n) is 21.2. The van der Waals surface area contributed by atoms with Gasteiger partial charge in [-0.2, -0.15) is 0 Å². The van der Waals surface area contributed by atoms with E-state index in [1.54, 1.807) is 0 Å². The van der Waals surface area contributed by atoms with E-state index < -0.39 is 18.6 Å². The van der Waals surface area contributed by atoms with Crippen molar-refractivity contribution in [3.8, 4) is 0 Å². The zero-order chi connectivity index (χ0) is 24.5. The number of hydrogen-bond donors (Lipinski definition) is 2. The molecule has 4 fully saturated rings. The molecule has 0 spiro atoms. The lowest BCUT2D eigenvalue weighted by Gasteiger charge is -2.45. The minimum absolute atomic E-state index is 0.0486. The fourth-order valence-corrected chi connectivity index (χ4v) is 7.89. The van der Waals surface area contributed by atoms with Crippen molar-refractivity contribution in [1.82, 2.24) is 4.90 Å². The molecule has 0 aromatic heterocycles. The molecule has 0 unspecified atom stereocenters. The van der Waals surface area contributed by atoms with Crippen molar-refractivity contribution >= 4 is 0 Å². The van der Waals surface area contributed by atoms with Crippen LogP contribution >= 0.6 is 0 Å². The van der Waals surface area contributed by atoms with Gasteiger partial charge in [-0.1, -0.05) is 38.2 Å². The lowest BCUT2D eigenvalue weighted by Crippen LogP contribution is -2.39. The van der Waals surface area contributed by atoms with Crippen LogP contribution in [-0.4, -0.2) is 53.4 Å². The van der Waals surface area contributed by atoms with Crippen LogP contribution in [0, 0.1) is 29.1 Å². The van der Waals surface area contributed by atoms with E-state index in [1.165, 1.54) is 31.3 Å². The van der Waals surface area contributed by atoms with Crippen LogP contribution in [0.2, 0.25) is 0 Å². The van der Waals surface area contributed by atoms with Crippen molar-refractivity contribution in [1.29, 1.82) is 0 Å². The summed E-state index contributed by atoms with van der Waals surface area (Å²) in [4.78, 5) is 2.53. The van der Waals surface area contributed by atoms with Gasteiger partial charge in [0.05, 0.1) is 12.2 Å². The molecule has 34 heavy (non-hydrogen) atoms. The molecular formula is C29H45F2NO2. The van der Waals surface area contributed by atoms with Gasteiger partial charge >= 0.3 is 0 Å². The van der Waals surface area contributed by atoms with E-state index >= 15 is 0 Å². The monoisotopic (exact) mass is 477 g/mol. The van der Waals surface area contributed by atoms with Gasteiger partial charge in [0.1, 0.15) is 0 Å². The highest BCUT2D eigenvalue weighted by atomic mass is 19.3. The van der Waals surface area contributed by atoms with E-state index in [0.29, 0.717) is 48.3 Å². The first-order valence-corrected chi connectivity index (χ1v) is 13.6. The maximum Gasteiger partial charge on any atom is 0.238 e. The molecule has 7 atom stereocenters. The number of hydrogen-bond acceptors (Lipinski definition) is 3. The van der Waals surface area contributed by atoms with E-state index in [2.05, 4.69) is 37.5 Å². The molecule has 0 bridgehead atoms. The fraction of sp³-hybridized carbons (Fsp3) is 0.793. The molecule has 3 nitrogen and oxygen atoms in total. The lowest BCUT2D eigenvalue weighted by molar-refractivity contribution is 0.0810. The third-order valence-electron chi connectivity index (χ3n) is 9.70. The van der Waals surface area contributed by atoms with Crippen molar-refractivity contribution in [3.63, 3.8) is 0 Å². The summed E-state index contributed by atoms with van der Waals surface area (Å²) in [5.74, 6) is 2.36. The number of likely N-dealkylation sites (tertiary alicyclic amines) is 1. The van der Waals surface area contributed by atoms with Crippen LogP contribution in [0.3, 0.4) is 0 Å². The first kappa shape index (κ1) is 26.0. The smallest absolute Gasteiger partial charge is 0.238 e. The van der Waals surface area contributed by atoms with Gasteiger partial charge in [0.25, 0.3) is 0 Å². The number of alkyl halides is 2. The summed E-state index contributed by atoms with van der Waals surface area (Å²) < 4.78 is 25.2. The van der Waals surface area contributed by atoms with Crippen LogP contribution < -0.4 is 0 Å². The third kappa shape index (κ3) is 5.68. The van der Waals surface area contributed by atoms with Crippen LogP contribution in [0.4, 0.5) is 8.78 Å². The fourth-order valence-electron chi connectivity index (χ4n) is 7.89. The Morgan fingerprint density at radius 2 is 2.00 bits per heavy atom. The summed E-state index contributed by atoms with van der Waals surface area (Å²) in [5, 5.41) is 20.3. The molecule has 4 rings (SSSR count). The maximum absolute atomic E-state index is 12.6. The molecular weight excluding hydrogens is 432 g/mol. The molecule has 0 aromatic rings. The standard InChI is InChI=1S/C29H45F2NO2/c1-19(17-32-14-12-21(18-32)6-11-28(30)31)25-9-10-26-22(5-4-13-29(25,26)3)7-8-23-15-24(33)16-27(34)20(23)2/h7-8,19,21,24-28,33-34H,2,4-6,9-18H2,1,3H3/b22-7+,23-8-/t19-,21+,24-,25-,26+,27+,29-/m1/s1. The summed E-state index contributed by atoms with van der Waals surface area (Å²) in [6.07, 6.45) is 10.0. The highest BCUT2D eigenvalue weighted by Gasteiger charge is 2.50. The van der Waals surface area contributed by atoms with Crippen LogP contribution in [-0.2, 0) is 0 Å². The average molecular weight is 478 g/mol. The van der Waals surface area contributed by atoms with Crippen molar-refractivity contribution in [2.75, 3.05) is 19.6 Å². The van der Waals surface area contributed by atoms with Crippen molar-refractivity contribution < 1.29 is 19.0 Å². The van der Waals surface area contributed by atoms with Crippen LogP contribution in [0.15, 0.2) is 35.5 Å². The van der Waals surface area contributed by atoms with Gasteiger partial charge in [0.15, 0.2) is 0 Å². The number of allylic oxidation sites excluding steroid dienone is 3. The van der Waals surface area contributed by atoms with Gasteiger partial charge in [-0.05, 0) is 98.1 Å². The molecule has 3 aliphatic carbocycles. The van der Waals surface area contributed by atoms with Gasteiger partial charge in [-0.3, -0.25) is 0 Å². The second-order valence-electron chi connectivity index (χ2n) is 12.0. The quantitative estimate of drug-likeness (QED) is 0.464. The molecule has 1 heterocycles. The number of rotatable bonds is 7. The summed E-state index contributed by atoms with van der Waals surface area (Å²) >= 11 is 0. The van der Waals surface area contributed by atoms with E-state index in [-0.39, 0.29) is 6.42 Å². The van der Waals surface area contributed by atoms with Gasteiger partial charge < -0.3 is 15.1 Å². The van der Waals surface area contributed by atoms with E-state index in [1.807, 2.05) is 0 Å². The Bertz CT molecular complexity index is 793. The third-order valence-corrected chi connectivity index (χ3v) is 9.70. The summed E-state index contributed by atoms with van der Waals surface area (Å²) in [7, 11) is 0. The van der Waals surface area contributed by atoms with Gasteiger partial charge in [-0.15, -0.1) is 0 Å². The molecule has 2 N–H and O–H groups in total. The lowest BCUT2D eigenvalue weighted by atomic mass is 9.61. The molecule has 0 aromatic carbocycles. The normalized spacial score (nSPS) is 40.4. The molecule has 5 heteroatoms. The molecule has 192 valence electrons. The largest absolute Gasteiger partial charge is 0.393 e. The van der Waals surface area contributed by atoms with Crippen LogP contribution in [0.25, 0.3) is 0 Å². The van der Waals surface area contributed by atoms with Crippen LogP contribution in [0.1, 0.15) is 78.1 Å². The Morgan fingerprint density at radius 1 is 1.21 bits per heavy atom. The Kier molecular flexibility index (Phi) is 8.36. The summed E-state index contributed by atoms with van der Waals surface area (Å²) in [6, 6.07) is 0. The molecule has 0 amide bonds. The first-order valence-electron chi connectivity index (χ1n) is 13.6. The summed E-state index contributed by atoms with van der Waals surface area (Å²) in [5.41, 5.74) is 3.60. The van der Waals surface area contributed by atoms with E-state index in [9.17, 15) is 19.0 Å². The molecule has 3 saturated carbocycles. The Morgan fingerprint density at radius 3 is 2.76 bits per heavy atom. The minimum Gasteiger partial charge on any atom is -0.393 e. The minimum atomic E-state index is -2.17. The molecule has 1 aliphatic heterocycles. The summed E-state index contributed by atoms with van der Waals surface area (Å²) in [6.45, 7) is 12.1. The Balaban J connectivity index is 1.39. The highest BCUT2D eigenvalue weighted by Crippen LogP contribution is 2.59. The van der Waals surface area contributed by atoms with Crippen LogP contribution in [0.5, 0.6) is 0 Å². The number of fused-ring (bicyclic) bond motifs is 1. The predicted octanol–water partition coefficient (Wildman–Crippen LogP) is 6.13. The molecule has 1 saturated heterocycles. The number of nitrogens with zero attached hydrogens (tertiary/aromatic N) is 1. The van der Waals surface area contributed by atoms with Crippen molar-refractivity contribution in [3.05, 3.63) is 35.5 Å². The molecule has 0 radical (unpaired) electrons. The van der Waals surface area contributed by atoms with Gasteiger partial charge in [0, 0.05) is 25.9 Å². The Labute approximate surface area is 205 Å². The average Bonchev–Trinajstić information content (AvgIpc) is 3.37. The predicted molar refractivity (Wildman–Crippen MR) is 134 cm³/mol. The first-order chi connectivity index (χ1) is 16.2. The second-order valence-corrected chi connectivity index (χ2v) is 12.0. The van der Waals surface area contributed by atoms with Crippen molar-refractivity contribution in [2.45, 2.75) is 96.7 Å². The topological polar surface area (TPSA) is 43.7 Å². The Hall–Kier alpha value is -1.04. The highest BCUT2D eigenvalue weighted by molar-refractivity contribution is 5.38. The van der Waals surface area contributed by atoms with Gasteiger partial charge in [-0.25, -0.2) is 8.78 Å². The number of aliphatic hydroxyl groups is 2. The number of halogens is 2.